The van der Waals surface area contributed by atoms with Crippen molar-refractivity contribution in [2.45, 2.75) is 49.0 Å². The summed E-state index contributed by atoms with van der Waals surface area (Å²) in [6, 6.07) is 11.3. The second kappa shape index (κ2) is 10.6. The lowest BCUT2D eigenvalue weighted by molar-refractivity contribution is -0.0368. The summed E-state index contributed by atoms with van der Waals surface area (Å²) in [6.45, 7) is 2.02. The van der Waals surface area contributed by atoms with Gasteiger partial charge in [-0.25, -0.2) is 13.8 Å². The second-order valence-electron chi connectivity index (χ2n) is 7.87. The van der Waals surface area contributed by atoms with Crippen molar-refractivity contribution in [1.29, 1.82) is 0 Å². The van der Waals surface area contributed by atoms with Crippen LogP contribution in [-0.4, -0.2) is 38.2 Å². The van der Waals surface area contributed by atoms with Gasteiger partial charge < -0.3 is 4.72 Å². The molecule has 9 heteroatoms. The van der Waals surface area contributed by atoms with Crippen LogP contribution < -0.4 is 4.72 Å². The molecule has 170 valence electrons. The van der Waals surface area contributed by atoms with Gasteiger partial charge in [0, 0.05) is 46.8 Å². The van der Waals surface area contributed by atoms with E-state index in [4.69, 9.17) is 0 Å². The molecule has 1 fully saturated rings. The van der Waals surface area contributed by atoms with Crippen molar-refractivity contribution < 1.29 is 8.78 Å². The van der Waals surface area contributed by atoms with Crippen LogP contribution in [0.5, 0.6) is 0 Å². The van der Waals surface area contributed by atoms with E-state index >= 15 is 0 Å². The fourth-order valence-corrected chi connectivity index (χ4v) is 5.82. The van der Waals surface area contributed by atoms with Crippen LogP contribution in [0.3, 0.4) is 0 Å². The summed E-state index contributed by atoms with van der Waals surface area (Å²) in [6.07, 6.45) is 8.97. The van der Waals surface area contributed by atoms with Crippen molar-refractivity contribution in [3.8, 4) is 0 Å². The lowest BCUT2D eigenvalue weighted by Crippen LogP contribution is -2.38. The molecule has 0 bridgehead atoms. The van der Waals surface area contributed by atoms with Gasteiger partial charge in [0.1, 0.15) is 6.33 Å². The van der Waals surface area contributed by atoms with Gasteiger partial charge in [-0.15, -0.1) is 0 Å². The molecule has 1 aliphatic heterocycles. The third-order valence-corrected chi connectivity index (χ3v) is 7.74. The molecular formula is C23H27F2N5S2. The number of anilines is 1. The van der Waals surface area contributed by atoms with Gasteiger partial charge in [-0.1, -0.05) is 35.1 Å². The van der Waals surface area contributed by atoms with E-state index in [2.05, 4.69) is 29.8 Å². The van der Waals surface area contributed by atoms with Crippen molar-refractivity contribution >= 4 is 33.2 Å². The number of piperidine rings is 1. The Balaban J connectivity index is 0.000000354. The van der Waals surface area contributed by atoms with Gasteiger partial charge in [0.25, 0.3) is 5.92 Å². The van der Waals surface area contributed by atoms with Crippen LogP contribution in [0.1, 0.15) is 49.3 Å². The van der Waals surface area contributed by atoms with Crippen molar-refractivity contribution in [2.75, 3.05) is 17.8 Å². The van der Waals surface area contributed by atoms with Gasteiger partial charge >= 0.3 is 0 Å². The van der Waals surface area contributed by atoms with Crippen molar-refractivity contribution in [2.24, 2.45) is 0 Å². The zero-order valence-electron chi connectivity index (χ0n) is 17.8. The highest BCUT2D eigenvalue weighted by molar-refractivity contribution is 8.15. The van der Waals surface area contributed by atoms with E-state index in [1.54, 1.807) is 18.5 Å². The monoisotopic (exact) mass is 475 g/mol. The minimum Gasteiger partial charge on any atom is -0.307 e. The first-order valence-corrected chi connectivity index (χ1v) is 12.9. The molecule has 3 heterocycles. The quantitative estimate of drug-likeness (QED) is 0.461. The number of hydrogen-bond donors (Lipinski definition) is 1. The molecule has 1 aromatic carbocycles. The molecule has 2 aliphatic rings. The molecule has 1 aliphatic carbocycles. The summed E-state index contributed by atoms with van der Waals surface area (Å²) in [7, 11) is -0.649. The average molecular weight is 476 g/mol. The maximum Gasteiger partial charge on any atom is 0.273 e. The van der Waals surface area contributed by atoms with E-state index < -0.39 is 16.6 Å². The van der Waals surface area contributed by atoms with E-state index in [0.717, 1.165) is 36.4 Å². The van der Waals surface area contributed by atoms with E-state index in [9.17, 15) is 8.78 Å². The highest BCUT2D eigenvalue weighted by Gasteiger charge is 2.42. The van der Waals surface area contributed by atoms with Crippen LogP contribution in [0.15, 0.2) is 60.0 Å². The Morgan fingerprint density at radius 2 is 1.91 bits per heavy atom. The van der Waals surface area contributed by atoms with E-state index in [1.807, 2.05) is 30.3 Å². The number of aromatic nitrogens is 3. The molecule has 0 radical (unpaired) electrons. The van der Waals surface area contributed by atoms with Crippen molar-refractivity contribution in [3.05, 3.63) is 66.2 Å². The number of benzene rings is 1. The first-order chi connectivity index (χ1) is 15.5. The Labute approximate surface area is 194 Å². The molecule has 2 atom stereocenters. The average Bonchev–Trinajstić information content (AvgIpc) is 3.34. The van der Waals surface area contributed by atoms with E-state index in [1.165, 1.54) is 24.3 Å². The van der Waals surface area contributed by atoms with E-state index in [-0.39, 0.29) is 18.0 Å². The molecule has 2 unspecified atom stereocenters. The molecular weight excluding hydrogens is 448 g/mol. The number of fused-ring (bicyclic) bond motifs is 1. The first-order valence-electron chi connectivity index (χ1n) is 10.7. The van der Waals surface area contributed by atoms with Crippen LogP contribution in [0.2, 0.25) is 0 Å². The lowest BCUT2D eigenvalue weighted by atomic mass is 9.83. The smallest absolute Gasteiger partial charge is 0.273 e. The number of hydrogen-bond acceptors (Lipinski definition) is 6. The Morgan fingerprint density at radius 1 is 1.12 bits per heavy atom. The van der Waals surface area contributed by atoms with Crippen LogP contribution in [-0.2, 0) is 5.92 Å². The van der Waals surface area contributed by atoms with Gasteiger partial charge in [0.2, 0.25) is 5.13 Å². The number of nitrogens with zero attached hydrogens (tertiary/aromatic N) is 4. The van der Waals surface area contributed by atoms with Gasteiger partial charge in [-0.05, 0) is 62.2 Å². The molecule has 3 aromatic rings. The molecule has 5 nitrogen and oxygen atoms in total. The van der Waals surface area contributed by atoms with Crippen LogP contribution >= 0.6 is 22.2 Å². The topological polar surface area (TPSA) is 53.9 Å². The summed E-state index contributed by atoms with van der Waals surface area (Å²) in [5, 5.41) is 0.652. The maximum atomic E-state index is 14.7. The van der Waals surface area contributed by atoms with Crippen molar-refractivity contribution in [1.82, 2.24) is 19.2 Å². The summed E-state index contributed by atoms with van der Waals surface area (Å²) in [5.74, 6) is 1.32. The molecule has 1 N–H and O–H groups in total. The predicted octanol–water partition coefficient (Wildman–Crippen LogP) is 6.12. The number of likely N-dealkylation sites (tertiary alicyclic amines) is 1. The summed E-state index contributed by atoms with van der Waals surface area (Å²) in [4.78, 5) is 11.0. The zero-order chi connectivity index (χ0) is 22.4. The Hall–Kier alpha value is -2.23. The summed E-state index contributed by atoms with van der Waals surface area (Å²) < 4.78 is 36.5. The Bertz CT molecular complexity index is 982. The van der Waals surface area contributed by atoms with Gasteiger partial charge in [0.15, 0.2) is 0 Å². The molecule has 0 saturated carbocycles. The maximum absolute atomic E-state index is 14.7. The number of pyridine rings is 1. The Kier molecular flexibility index (Phi) is 7.59. The SMILES string of the molecule is C=S(Nc1ncns1)c1ccc2c(c1)C(F)(F)CCC2N1CCCCC1.c1ccncc1. The standard InChI is InChI=1S/C18H22F2N4S2.C5H5N/c1-26(23-17-21-12-22-25-17)13-5-6-14-15(11-13)18(19,20)8-7-16(14)24-9-3-2-4-10-24;1-2-4-6-5-3-1/h5-6,11-12,16H,1-4,7-10H2,(H,21,22,23);1-5H. The van der Waals surface area contributed by atoms with Crippen LogP contribution in [0.4, 0.5) is 13.9 Å². The van der Waals surface area contributed by atoms with Crippen LogP contribution in [0.25, 0.3) is 0 Å². The molecule has 32 heavy (non-hydrogen) atoms. The predicted molar refractivity (Wildman–Crippen MR) is 128 cm³/mol. The van der Waals surface area contributed by atoms with Gasteiger partial charge in [0.05, 0.1) is 0 Å². The molecule has 0 spiro atoms. The highest BCUT2D eigenvalue weighted by atomic mass is 32.2. The minimum atomic E-state index is -2.77. The van der Waals surface area contributed by atoms with Crippen LogP contribution in [0, 0.1) is 0 Å². The number of nitrogens with one attached hydrogen (secondary N) is 1. The zero-order valence-corrected chi connectivity index (χ0v) is 19.4. The third-order valence-electron chi connectivity index (χ3n) is 5.76. The largest absolute Gasteiger partial charge is 0.307 e. The van der Waals surface area contributed by atoms with Gasteiger partial charge in [-0.2, -0.15) is 4.37 Å². The van der Waals surface area contributed by atoms with Gasteiger partial charge in [-0.3, -0.25) is 9.88 Å². The van der Waals surface area contributed by atoms with Crippen molar-refractivity contribution in [3.63, 3.8) is 0 Å². The summed E-state index contributed by atoms with van der Waals surface area (Å²) >= 11 is 1.23. The molecule has 1 saturated heterocycles. The fourth-order valence-electron chi connectivity index (χ4n) is 4.21. The molecule has 2 aromatic heterocycles. The molecule has 5 rings (SSSR count). The number of alkyl halides is 2. The first kappa shape index (κ1) is 22.9. The molecule has 0 amide bonds. The number of rotatable bonds is 4. The second-order valence-corrected chi connectivity index (χ2v) is 10.1. The normalized spacial score (nSPS) is 21.0. The Morgan fingerprint density at radius 3 is 2.53 bits per heavy atom. The minimum absolute atomic E-state index is 0.0840. The summed E-state index contributed by atoms with van der Waals surface area (Å²) in [5.41, 5.74) is 0.969. The highest BCUT2D eigenvalue weighted by Crippen LogP contribution is 2.48. The third kappa shape index (κ3) is 5.57. The number of halogens is 2. The fraction of sp³-hybridized carbons (Fsp3) is 0.391. The van der Waals surface area contributed by atoms with E-state index in [0.29, 0.717) is 11.6 Å². The lowest BCUT2D eigenvalue weighted by Gasteiger charge is -2.40.